The highest BCUT2D eigenvalue weighted by Crippen LogP contribution is 2.37. The number of benzene rings is 1. The summed E-state index contributed by atoms with van der Waals surface area (Å²) in [6, 6.07) is 2.59. The highest BCUT2D eigenvalue weighted by molar-refractivity contribution is 5.96. The molecular formula is C19H22O8. The summed E-state index contributed by atoms with van der Waals surface area (Å²) in [5, 5.41) is 31.2. The number of carbonyl (C=O) groups excluding carboxylic acids is 2. The van der Waals surface area contributed by atoms with Gasteiger partial charge in [-0.1, -0.05) is 6.08 Å². The lowest BCUT2D eigenvalue weighted by atomic mass is 9.94. The minimum atomic E-state index is -1.51. The van der Waals surface area contributed by atoms with Crippen molar-refractivity contribution in [1.29, 1.82) is 0 Å². The average Bonchev–Trinajstić information content (AvgIpc) is 3.38. The molecule has 146 valence electrons. The second-order valence-electron chi connectivity index (χ2n) is 6.71. The van der Waals surface area contributed by atoms with E-state index < -0.39 is 42.2 Å². The molecule has 8 nitrogen and oxygen atoms in total. The van der Waals surface area contributed by atoms with E-state index in [4.69, 9.17) is 14.2 Å². The molecule has 27 heavy (non-hydrogen) atoms. The summed E-state index contributed by atoms with van der Waals surface area (Å²) in [7, 11) is 1.37. The maximum atomic E-state index is 12.6. The van der Waals surface area contributed by atoms with E-state index in [1.165, 1.54) is 25.3 Å². The van der Waals surface area contributed by atoms with Crippen molar-refractivity contribution in [3.8, 4) is 11.5 Å². The monoisotopic (exact) mass is 378 g/mol. The first-order chi connectivity index (χ1) is 12.8. The van der Waals surface area contributed by atoms with Crippen LogP contribution in [0.15, 0.2) is 24.3 Å². The van der Waals surface area contributed by atoms with Crippen LogP contribution in [0.2, 0.25) is 0 Å². The van der Waals surface area contributed by atoms with Crippen molar-refractivity contribution in [2.75, 3.05) is 7.11 Å². The number of hydrogen-bond acceptors (Lipinski definition) is 8. The summed E-state index contributed by atoms with van der Waals surface area (Å²) in [6.07, 6.45) is -1.33. The molecule has 1 fully saturated rings. The molecular weight excluding hydrogens is 356 g/mol. The van der Waals surface area contributed by atoms with Gasteiger partial charge in [0, 0.05) is 24.5 Å². The number of phenolic OH excluding ortho intramolecular Hbond substituents is 1. The van der Waals surface area contributed by atoms with Crippen LogP contribution in [0.4, 0.5) is 0 Å². The predicted molar refractivity (Wildman–Crippen MR) is 92.5 cm³/mol. The van der Waals surface area contributed by atoms with Gasteiger partial charge in [-0.3, -0.25) is 4.79 Å². The van der Waals surface area contributed by atoms with E-state index in [-0.39, 0.29) is 29.1 Å². The normalized spacial score (nSPS) is 32.5. The molecule has 1 aromatic rings. The van der Waals surface area contributed by atoms with E-state index in [0.717, 1.165) is 0 Å². The zero-order valence-corrected chi connectivity index (χ0v) is 15.0. The average molecular weight is 378 g/mol. The van der Waals surface area contributed by atoms with Crippen LogP contribution in [0.3, 0.4) is 0 Å². The van der Waals surface area contributed by atoms with Crippen LogP contribution in [-0.2, 0) is 14.3 Å². The molecule has 1 saturated heterocycles. The van der Waals surface area contributed by atoms with Crippen molar-refractivity contribution in [1.82, 2.24) is 0 Å². The molecule has 5 atom stereocenters. The number of aliphatic hydroxyl groups is 2. The number of cyclic esters (lactones) is 1. The molecule has 2 aliphatic rings. The van der Waals surface area contributed by atoms with Gasteiger partial charge in [0.25, 0.3) is 0 Å². The van der Waals surface area contributed by atoms with Gasteiger partial charge < -0.3 is 29.5 Å². The Labute approximate surface area is 156 Å². The molecule has 3 rings (SSSR count). The van der Waals surface area contributed by atoms with Crippen LogP contribution in [0.25, 0.3) is 0 Å². The number of ether oxygens (including phenoxy) is 3. The van der Waals surface area contributed by atoms with E-state index in [0.29, 0.717) is 6.42 Å². The fraction of sp³-hybridized carbons (Fsp3) is 0.474. The molecule has 2 aliphatic heterocycles. The van der Waals surface area contributed by atoms with E-state index in [1.807, 2.05) is 0 Å². The van der Waals surface area contributed by atoms with Crippen LogP contribution < -0.4 is 4.74 Å². The second kappa shape index (κ2) is 7.67. The lowest BCUT2D eigenvalue weighted by Crippen LogP contribution is -2.25. The summed E-state index contributed by atoms with van der Waals surface area (Å²) in [5.41, 5.74) is -0.257. The van der Waals surface area contributed by atoms with Crippen LogP contribution >= 0.6 is 0 Å². The molecule has 0 radical (unpaired) electrons. The molecule has 1 aromatic carbocycles. The maximum absolute atomic E-state index is 12.6. The summed E-state index contributed by atoms with van der Waals surface area (Å²) in [4.78, 5) is 24.6. The Kier molecular flexibility index (Phi) is 5.50. The quantitative estimate of drug-likeness (QED) is 0.489. The van der Waals surface area contributed by atoms with Gasteiger partial charge in [0.05, 0.1) is 19.3 Å². The van der Waals surface area contributed by atoms with E-state index >= 15 is 0 Å². The number of aromatic hydroxyl groups is 1. The molecule has 8 heteroatoms. The lowest BCUT2D eigenvalue weighted by Gasteiger charge is -2.22. The fourth-order valence-corrected chi connectivity index (χ4v) is 3.10. The van der Waals surface area contributed by atoms with Gasteiger partial charge in [0.1, 0.15) is 35.4 Å². The number of carbonyl (C=O) groups is 2. The zero-order chi connectivity index (χ0) is 19.7. The minimum Gasteiger partial charge on any atom is -0.507 e. The molecule has 5 unspecified atom stereocenters. The molecule has 0 bridgehead atoms. The van der Waals surface area contributed by atoms with Crippen LogP contribution in [0, 0.1) is 0 Å². The Balaban J connectivity index is 2.00. The summed E-state index contributed by atoms with van der Waals surface area (Å²) in [5.74, 6) is -1.30. The van der Waals surface area contributed by atoms with Crippen molar-refractivity contribution < 1.29 is 39.1 Å². The molecule has 0 aliphatic carbocycles. The van der Waals surface area contributed by atoms with Crippen molar-refractivity contribution in [3.63, 3.8) is 0 Å². The number of hydrogen-bond donors (Lipinski definition) is 3. The number of methoxy groups -OCH3 is 1. The maximum Gasteiger partial charge on any atom is 0.342 e. The number of epoxide rings is 1. The van der Waals surface area contributed by atoms with Crippen molar-refractivity contribution in [2.24, 2.45) is 0 Å². The van der Waals surface area contributed by atoms with E-state index in [1.54, 1.807) is 13.0 Å². The molecule has 0 amide bonds. The highest BCUT2D eigenvalue weighted by atomic mass is 16.6. The number of aliphatic hydroxyl groups excluding tert-OH is 2. The van der Waals surface area contributed by atoms with Crippen molar-refractivity contribution >= 4 is 11.8 Å². The van der Waals surface area contributed by atoms with E-state index in [9.17, 15) is 24.9 Å². The SMILES string of the molecule is COc1cc(O)c2c(c1)C(O)C(O)CC1OC1C(=O)/C=C/CC(C)OC2=O. The Morgan fingerprint density at radius 2 is 1.96 bits per heavy atom. The summed E-state index contributed by atoms with van der Waals surface area (Å²) < 4.78 is 15.7. The molecule has 0 saturated carbocycles. The van der Waals surface area contributed by atoms with Crippen LogP contribution in [0.1, 0.15) is 41.8 Å². The molecule has 2 heterocycles. The van der Waals surface area contributed by atoms with Crippen LogP contribution in [0.5, 0.6) is 11.5 Å². The van der Waals surface area contributed by atoms with Gasteiger partial charge >= 0.3 is 5.97 Å². The number of fused-ring (bicyclic) bond motifs is 2. The van der Waals surface area contributed by atoms with Gasteiger partial charge in [0.2, 0.25) is 0 Å². The molecule has 3 N–H and O–H groups in total. The Bertz CT molecular complexity index is 771. The lowest BCUT2D eigenvalue weighted by molar-refractivity contribution is -0.115. The topological polar surface area (TPSA) is 126 Å². The van der Waals surface area contributed by atoms with Gasteiger partial charge in [0.15, 0.2) is 5.78 Å². The largest absolute Gasteiger partial charge is 0.507 e. The third-order valence-electron chi connectivity index (χ3n) is 4.64. The number of esters is 1. The third-order valence-corrected chi connectivity index (χ3v) is 4.64. The summed E-state index contributed by atoms with van der Waals surface area (Å²) in [6.45, 7) is 1.64. The first-order valence-electron chi connectivity index (χ1n) is 8.65. The summed E-state index contributed by atoms with van der Waals surface area (Å²) >= 11 is 0. The smallest absolute Gasteiger partial charge is 0.342 e. The standard InChI is InChI=1S/C19H22O8/c1-9-4-3-5-12(20)18-15(27-18)8-14(22)17(23)11-6-10(25-2)7-13(21)16(11)19(24)26-9/h3,5-7,9,14-15,17-18,21-23H,4,8H2,1-2H3/b5-3+. The second-order valence-corrected chi connectivity index (χ2v) is 6.71. The minimum absolute atomic E-state index is 0.00568. The fourth-order valence-electron chi connectivity index (χ4n) is 3.10. The van der Waals surface area contributed by atoms with E-state index in [2.05, 4.69) is 0 Å². The third kappa shape index (κ3) is 4.13. The zero-order valence-electron chi connectivity index (χ0n) is 15.0. The number of rotatable bonds is 1. The van der Waals surface area contributed by atoms with Crippen molar-refractivity contribution in [2.45, 2.75) is 50.3 Å². The Morgan fingerprint density at radius 3 is 2.67 bits per heavy atom. The number of phenols is 1. The van der Waals surface area contributed by atoms with Crippen LogP contribution in [-0.4, -0.2) is 58.6 Å². The number of ketones is 1. The van der Waals surface area contributed by atoms with Gasteiger partial charge in [-0.15, -0.1) is 0 Å². The Hall–Kier alpha value is -2.42. The highest BCUT2D eigenvalue weighted by Gasteiger charge is 2.45. The van der Waals surface area contributed by atoms with Gasteiger partial charge in [-0.25, -0.2) is 4.79 Å². The Morgan fingerprint density at radius 1 is 1.22 bits per heavy atom. The first-order valence-corrected chi connectivity index (χ1v) is 8.65. The predicted octanol–water partition coefficient (Wildman–Crippen LogP) is 1.03. The molecule has 0 spiro atoms. The van der Waals surface area contributed by atoms with Gasteiger partial charge in [-0.05, 0) is 19.1 Å². The van der Waals surface area contributed by atoms with Gasteiger partial charge in [-0.2, -0.15) is 0 Å². The molecule has 0 aromatic heterocycles. The van der Waals surface area contributed by atoms with Crippen molar-refractivity contribution in [3.05, 3.63) is 35.4 Å². The first kappa shape index (κ1) is 19.3.